The number of benzene rings is 4. The number of carbonyl (C=O) groups is 3. The first-order valence-corrected chi connectivity index (χ1v) is 12.1. The highest BCUT2D eigenvalue weighted by molar-refractivity contribution is 6.13. The zero-order valence-corrected chi connectivity index (χ0v) is 20.6. The minimum Gasteiger partial charge on any atom is -0.324 e. The fourth-order valence-corrected chi connectivity index (χ4v) is 5.03. The summed E-state index contributed by atoms with van der Waals surface area (Å²) in [6, 6.07) is 31.0. The SMILES string of the molecule is Cc1cc(C)cc(NC(=O)C(c2ccccc2)N2C(=O)NC(c3ccccc3)(c3ccccc3)C2=O)c1. The van der Waals surface area contributed by atoms with Crippen LogP contribution in [0.2, 0.25) is 0 Å². The van der Waals surface area contributed by atoms with Gasteiger partial charge < -0.3 is 10.6 Å². The minimum atomic E-state index is -1.47. The highest BCUT2D eigenvalue weighted by atomic mass is 16.2. The summed E-state index contributed by atoms with van der Waals surface area (Å²) in [7, 11) is 0. The molecule has 1 aliphatic heterocycles. The molecule has 0 radical (unpaired) electrons. The van der Waals surface area contributed by atoms with Crippen LogP contribution in [0.3, 0.4) is 0 Å². The number of carbonyl (C=O) groups excluding carboxylic acids is 3. The molecule has 4 amide bonds. The molecule has 5 rings (SSSR count). The topological polar surface area (TPSA) is 78.5 Å². The molecule has 2 N–H and O–H groups in total. The second-order valence-electron chi connectivity index (χ2n) is 9.27. The Hall–Kier alpha value is -4.71. The summed E-state index contributed by atoms with van der Waals surface area (Å²) in [5.74, 6) is -0.990. The first kappa shape index (κ1) is 24.0. The van der Waals surface area contributed by atoms with E-state index in [0.717, 1.165) is 16.0 Å². The summed E-state index contributed by atoms with van der Waals surface area (Å²) < 4.78 is 0. The molecule has 184 valence electrons. The second-order valence-corrected chi connectivity index (χ2v) is 9.27. The lowest BCUT2D eigenvalue weighted by Gasteiger charge is -2.30. The van der Waals surface area contributed by atoms with Gasteiger partial charge in [-0.05, 0) is 53.8 Å². The number of nitrogens with one attached hydrogen (secondary N) is 2. The molecule has 37 heavy (non-hydrogen) atoms. The first-order chi connectivity index (χ1) is 17.9. The molecule has 0 spiro atoms. The van der Waals surface area contributed by atoms with Crippen molar-refractivity contribution in [1.82, 2.24) is 10.2 Å². The van der Waals surface area contributed by atoms with E-state index in [1.165, 1.54) is 0 Å². The van der Waals surface area contributed by atoms with Crippen LogP contribution in [0.4, 0.5) is 10.5 Å². The number of hydrogen-bond acceptors (Lipinski definition) is 3. The van der Waals surface area contributed by atoms with Crippen LogP contribution in [0, 0.1) is 13.8 Å². The van der Waals surface area contributed by atoms with Gasteiger partial charge in [0.05, 0.1) is 0 Å². The van der Waals surface area contributed by atoms with Gasteiger partial charge >= 0.3 is 6.03 Å². The van der Waals surface area contributed by atoms with E-state index >= 15 is 0 Å². The summed E-state index contributed by atoms with van der Waals surface area (Å²) in [6.45, 7) is 3.89. The van der Waals surface area contributed by atoms with Crippen LogP contribution >= 0.6 is 0 Å². The number of anilines is 1. The molecule has 0 aromatic heterocycles. The van der Waals surface area contributed by atoms with Crippen LogP contribution in [-0.2, 0) is 15.1 Å². The number of imide groups is 1. The smallest absolute Gasteiger partial charge is 0.324 e. The number of aryl methyl sites for hydroxylation is 2. The number of nitrogens with zero attached hydrogens (tertiary/aromatic N) is 1. The molecule has 1 heterocycles. The van der Waals surface area contributed by atoms with Crippen LogP contribution in [0.15, 0.2) is 109 Å². The van der Waals surface area contributed by atoms with E-state index in [4.69, 9.17) is 0 Å². The van der Waals surface area contributed by atoms with E-state index in [1.54, 1.807) is 24.3 Å². The third-order valence-electron chi connectivity index (χ3n) is 6.58. The molecule has 1 atom stereocenters. The zero-order chi connectivity index (χ0) is 26.0. The summed E-state index contributed by atoms with van der Waals surface area (Å²) in [6.07, 6.45) is 0. The van der Waals surface area contributed by atoms with Gasteiger partial charge in [-0.15, -0.1) is 0 Å². The van der Waals surface area contributed by atoms with Crippen LogP contribution < -0.4 is 10.6 Å². The van der Waals surface area contributed by atoms with E-state index in [-0.39, 0.29) is 0 Å². The Labute approximate surface area is 215 Å². The van der Waals surface area contributed by atoms with Gasteiger partial charge in [-0.3, -0.25) is 9.59 Å². The van der Waals surface area contributed by atoms with Gasteiger partial charge in [0.25, 0.3) is 11.8 Å². The van der Waals surface area contributed by atoms with Crippen molar-refractivity contribution in [2.24, 2.45) is 0 Å². The summed E-state index contributed by atoms with van der Waals surface area (Å²) in [5, 5.41) is 5.88. The quantitative estimate of drug-likeness (QED) is 0.352. The highest BCUT2D eigenvalue weighted by Gasteiger charge is 2.56. The van der Waals surface area contributed by atoms with Crippen molar-refractivity contribution in [1.29, 1.82) is 0 Å². The van der Waals surface area contributed by atoms with Crippen molar-refractivity contribution in [2.45, 2.75) is 25.4 Å². The van der Waals surface area contributed by atoms with E-state index < -0.39 is 29.4 Å². The molecule has 1 aliphatic rings. The molecular weight excluding hydrogens is 462 g/mol. The summed E-state index contributed by atoms with van der Waals surface area (Å²) in [5.41, 5.74) is 2.89. The Kier molecular flexibility index (Phi) is 6.32. The third kappa shape index (κ3) is 4.38. The molecule has 0 aliphatic carbocycles. The van der Waals surface area contributed by atoms with Crippen LogP contribution in [0.1, 0.15) is 33.9 Å². The molecular formula is C31H27N3O3. The van der Waals surface area contributed by atoms with Gasteiger partial charge in [0.1, 0.15) is 6.04 Å². The Bertz CT molecular complexity index is 1390. The van der Waals surface area contributed by atoms with Crippen LogP contribution in [0.5, 0.6) is 0 Å². The fourth-order valence-electron chi connectivity index (χ4n) is 5.03. The van der Waals surface area contributed by atoms with Crippen LogP contribution in [-0.4, -0.2) is 22.7 Å². The van der Waals surface area contributed by atoms with E-state index in [9.17, 15) is 14.4 Å². The zero-order valence-electron chi connectivity index (χ0n) is 20.6. The molecule has 4 aromatic carbocycles. The van der Waals surface area contributed by atoms with Gasteiger partial charge in [0, 0.05) is 5.69 Å². The van der Waals surface area contributed by atoms with Crippen molar-refractivity contribution >= 4 is 23.5 Å². The van der Waals surface area contributed by atoms with Crippen molar-refractivity contribution in [3.8, 4) is 0 Å². The Morgan fingerprint density at radius 2 is 1.24 bits per heavy atom. The van der Waals surface area contributed by atoms with Gasteiger partial charge in [0.15, 0.2) is 5.54 Å². The maximum absolute atomic E-state index is 14.4. The van der Waals surface area contributed by atoms with E-state index in [1.807, 2.05) is 98.8 Å². The molecule has 0 bridgehead atoms. The molecule has 6 heteroatoms. The van der Waals surface area contributed by atoms with Crippen molar-refractivity contribution in [2.75, 3.05) is 5.32 Å². The molecule has 1 fully saturated rings. The maximum Gasteiger partial charge on any atom is 0.326 e. The molecule has 4 aromatic rings. The average Bonchev–Trinajstić information content (AvgIpc) is 3.16. The average molecular weight is 490 g/mol. The standard InChI is InChI=1S/C31H27N3O3/c1-21-18-22(2)20-26(19-21)32-28(35)27(23-12-6-3-7-13-23)34-29(36)31(33-30(34)37,24-14-8-4-9-15-24)25-16-10-5-11-17-25/h3-20,27H,1-2H3,(H,32,35)(H,33,37). The summed E-state index contributed by atoms with van der Waals surface area (Å²) >= 11 is 0. The normalized spacial score (nSPS) is 15.2. The van der Waals surface area contributed by atoms with E-state index in [2.05, 4.69) is 10.6 Å². The maximum atomic E-state index is 14.4. The molecule has 1 unspecified atom stereocenters. The number of amides is 4. The van der Waals surface area contributed by atoms with Gasteiger partial charge in [-0.1, -0.05) is 97.1 Å². The minimum absolute atomic E-state index is 0.475. The third-order valence-corrected chi connectivity index (χ3v) is 6.58. The van der Waals surface area contributed by atoms with Gasteiger partial charge in [-0.25, -0.2) is 9.69 Å². The monoisotopic (exact) mass is 489 g/mol. The fraction of sp³-hybridized carbons (Fsp3) is 0.129. The van der Waals surface area contributed by atoms with Gasteiger partial charge in [-0.2, -0.15) is 0 Å². The lowest BCUT2D eigenvalue weighted by atomic mass is 9.82. The lowest BCUT2D eigenvalue weighted by Crippen LogP contribution is -2.46. The predicted octanol–water partition coefficient (Wildman–Crippen LogP) is 5.48. The van der Waals surface area contributed by atoms with Crippen molar-refractivity contribution in [3.05, 3.63) is 137 Å². The van der Waals surface area contributed by atoms with Crippen LogP contribution in [0.25, 0.3) is 0 Å². The number of hydrogen-bond donors (Lipinski definition) is 2. The van der Waals surface area contributed by atoms with E-state index in [0.29, 0.717) is 22.4 Å². The Balaban J connectivity index is 1.62. The van der Waals surface area contributed by atoms with Gasteiger partial charge in [0.2, 0.25) is 0 Å². The Morgan fingerprint density at radius 1 is 0.757 bits per heavy atom. The highest BCUT2D eigenvalue weighted by Crippen LogP contribution is 2.39. The number of rotatable bonds is 6. The van der Waals surface area contributed by atoms with Crippen molar-refractivity contribution < 1.29 is 14.4 Å². The molecule has 6 nitrogen and oxygen atoms in total. The summed E-state index contributed by atoms with van der Waals surface area (Å²) in [4.78, 5) is 42.9. The molecule has 1 saturated heterocycles. The number of urea groups is 1. The lowest BCUT2D eigenvalue weighted by molar-refractivity contribution is -0.136. The largest absolute Gasteiger partial charge is 0.326 e. The second kappa shape index (κ2) is 9.74. The predicted molar refractivity (Wildman–Crippen MR) is 143 cm³/mol. The Morgan fingerprint density at radius 3 is 1.76 bits per heavy atom. The first-order valence-electron chi connectivity index (χ1n) is 12.1. The van der Waals surface area contributed by atoms with Crippen molar-refractivity contribution in [3.63, 3.8) is 0 Å². The molecule has 0 saturated carbocycles.